The van der Waals surface area contributed by atoms with Gasteiger partial charge in [-0.1, -0.05) is 19.8 Å². The van der Waals surface area contributed by atoms with Crippen LogP contribution in [0.15, 0.2) is 0 Å². The molecule has 0 radical (unpaired) electrons. The zero-order chi connectivity index (χ0) is 9.68. The van der Waals surface area contributed by atoms with Crippen LogP contribution < -0.4 is 5.32 Å². The number of hydrogen-bond donors (Lipinski definition) is 1. The fraction of sp³-hybridized carbons (Fsp3) is 0.900. The number of nitrogens with one attached hydrogen (secondary N) is 1. The van der Waals surface area contributed by atoms with Gasteiger partial charge >= 0.3 is 0 Å². The Labute approximate surface area is 85.0 Å². The summed E-state index contributed by atoms with van der Waals surface area (Å²) in [5.41, 5.74) is 0. The minimum Gasteiger partial charge on any atom is -0.355 e. The van der Waals surface area contributed by atoms with E-state index in [9.17, 15) is 4.79 Å². The van der Waals surface area contributed by atoms with Crippen molar-refractivity contribution in [2.24, 2.45) is 11.8 Å². The number of halogens is 1. The van der Waals surface area contributed by atoms with Gasteiger partial charge in [-0.2, -0.15) is 0 Å². The molecule has 0 aromatic heterocycles. The summed E-state index contributed by atoms with van der Waals surface area (Å²) in [5, 5.41) is 2.85. The fourth-order valence-electron chi connectivity index (χ4n) is 1.84. The maximum atomic E-state index is 10.9. The highest BCUT2D eigenvalue weighted by atomic mass is 35.5. The number of hydrogen-bond acceptors (Lipinski definition) is 1. The molecule has 1 N–H and O–H groups in total. The van der Waals surface area contributed by atoms with E-state index in [0.717, 1.165) is 12.5 Å². The Hall–Kier alpha value is -0.240. The van der Waals surface area contributed by atoms with Gasteiger partial charge in [-0.05, 0) is 24.7 Å². The van der Waals surface area contributed by atoms with E-state index < -0.39 is 0 Å². The standard InChI is InChI=1S/C10H18ClNO/c1-8-2-4-9(5-3-8)7-12-10(13)6-11/h8-9H,2-7H2,1H3,(H,12,13). The van der Waals surface area contributed by atoms with Crippen molar-refractivity contribution in [3.63, 3.8) is 0 Å². The van der Waals surface area contributed by atoms with Crippen LogP contribution >= 0.6 is 11.6 Å². The molecular formula is C10H18ClNO. The number of amides is 1. The molecule has 1 saturated carbocycles. The van der Waals surface area contributed by atoms with E-state index in [1.54, 1.807) is 0 Å². The van der Waals surface area contributed by atoms with Crippen LogP contribution in [0.2, 0.25) is 0 Å². The van der Waals surface area contributed by atoms with Gasteiger partial charge in [-0.25, -0.2) is 0 Å². The Morgan fingerprint density at radius 1 is 1.38 bits per heavy atom. The average Bonchev–Trinajstić information content (AvgIpc) is 2.16. The normalized spacial score (nSPS) is 28.5. The molecule has 2 nitrogen and oxygen atoms in total. The van der Waals surface area contributed by atoms with Crippen LogP contribution in [0.5, 0.6) is 0 Å². The lowest BCUT2D eigenvalue weighted by Gasteiger charge is -2.26. The monoisotopic (exact) mass is 203 g/mol. The SMILES string of the molecule is CC1CCC(CNC(=O)CCl)CC1. The Bertz CT molecular complexity index is 164. The molecule has 0 aromatic rings. The molecule has 1 amide bonds. The maximum Gasteiger partial charge on any atom is 0.234 e. The van der Waals surface area contributed by atoms with E-state index in [1.165, 1.54) is 25.7 Å². The fourth-order valence-corrected chi connectivity index (χ4v) is 1.93. The molecule has 0 atom stereocenters. The van der Waals surface area contributed by atoms with Crippen LogP contribution in [0.1, 0.15) is 32.6 Å². The van der Waals surface area contributed by atoms with Gasteiger partial charge in [0.05, 0.1) is 0 Å². The van der Waals surface area contributed by atoms with Gasteiger partial charge in [0.2, 0.25) is 5.91 Å². The van der Waals surface area contributed by atoms with Crippen molar-refractivity contribution < 1.29 is 4.79 Å². The van der Waals surface area contributed by atoms with Gasteiger partial charge in [-0.3, -0.25) is 4.79 Å². The van der Waals surface area contributed by atoms with Gasteiger partial charge in [-0.15, -0.1) is 11.6 Å². The lowest BCUT2D eigenvalue weighted by molar-refractivity contribution is -0.118. The summed E-state index contributed by atoms with van der Waals surface area (Å²) < 4.78 is 0. The van der Waals surface area contributed by atoms with E-state index >= 15 is 0 Å². The number of carbonyl (C=O) groups excluding carboxylic acids is 1. The van der Waals surface area contributed by atoms with Gasteiger partial charge in [0.25, 0.3) is 0 Å². The third-order valence-electron chi connectivity index (χ3n) is 2.84. The molecular weight excluding hydrogens is 186 g/mol. The van der Waals surface area contributed by atoms with Crippen molar-refractivity contribution in [3.05, 3.63) is 0 Å². The van der Waals surface area contributed by atoms with Crippen molar-refractivity contribution in [1.29, 1.82) is 0 Å². The van der Waals surface area contributed by atoms with Gasteiger partial charge in [0.15, 0.2) is 0 Å². The number of alkyl halides is 1. The Morgan fingerprint density at radius 2 is 2.00 bits per heavy atom. The van der Waals surface area contributed by atoms with Crippen LogP contribution in [0.4, 0.5) is 0 Å². The van der Waals surface area contributed by atoms with Crippen LogP contribution in [0, 0.1) is 11.8 Å². The van der Waals surface area contributed by atoms with E-state index in [2.05, 4.69) is 12.2 Å². The second kappa shape index (κ2) is 5.48. The van der Waals surface area contributed by atoms with Gasteiger partial charge in [0, 0.05) is 6.54 Å². The quantitative estimate of drug-likeness (QED) is 0.700. The summed E-state index contributed by atoms with van der Waals surface area (Å²) in [7, 11) is 0. The van der Waals surface area contributed by atoms with Crippen molar-refractivity contribution >= 4 is 17.5 Å². The molecule has 13 heavy (non-hydrogen) atoms. The average molecular weight is 204 g/mol. The molecule has 1 rings (SSSR count). The van der Waals surface area contributed by atoms with Gasteiger partial charge < -0.3 is 5.32 Å². The van der Waals surface area contributed by atoms with E-state index in [1.807, 2.05) is 0 Å². The largest absolute Gasteiger partial charge is 0.355 e. The van der Waals surface area contributed by atoms with Crippen molar-refractivity contribution in [2.45, 2.75) is 32.6 Å². The Kier molecular flexibility index (Phi) is 4.57. The summed E-state index contributed by atoms with van der Waals surface area (Å²) in [5.74, 6) is 1.60. The zero-order valence-electron chi connectivity index (χ0n) is 8.18. The molecule has 3 heteroatoms. The van der Waals surface area contributed by atoms with Crippen molar-refractivity contribution in [3.8, 4) is 0 Å². The number of rotatable bonds is 3. The summed E-state index contributed by atoms with van der Waals surface area (Å²) in [6.07, 6.45) is 5.12. The van der Waals surface area contributed by atoms with E-state index in [0.29, 0.717) is 5.92 Å². The van der Waals surface area contributed by atoms with Crippen LogP contribution in [0.3, 0.4) is 0 Å². The first-order valence-corrected chi connectivity index (χ1v) is 5.58. The summed E-state index contributed by atoms with van der Waals surface area (Å²) in [6, 6.07) is 0. The summed E-state index contributed by atoms with van der Waals surface area (Å²) >= 11 is 5.38. The second-order valence-corrected chi connectivity index (χ2v) is 4.33. The maximum absolute atomic E-state index is 10.9. The second-order valence-electron chi connectivity index (χ2n) is 4.06. The number of carbonyl (C=O) groups is 1. The highest BCUT2D eigenvalue weighted by Gasteiger charge is 2.18. The van der Waals surface area contributed by atoms with Gasteiger partial charge in [0.1, 0.15) is 5.88 Å². The molecule has 0 saturated heterocycles. The molecule has 0 aromatic carbocycles. The first-order chi connectivity index (χ1) is 6.22. The Morgan fingerprint density at radius 3 is 2.54 bits per heavy atom. The van der Waals surface area contributed by atoms with Crippen molar-refractivity contribution in [2.75, 3.05) is 12.4 Å². The molecule has 0 spiro atoms. The zero-order valence-corrected chi connectivity index (χ0v) is 8.94. The predicted octanol–water partition coefficient (Wildman–Crippen LogP) is 2.17. The molecule has 1 fully saturated rings. The highest BCUT2D eigenvalue weighted by Crippen LogP contribution is 2.27. The molecule has 0 bridgehead atoms. The molecule has 1 aliphatic rings. The smallest absolute Gasteiger partial charge is 0.234 e. The topological polar surface area (TPSA) is 29.1 Å². The first kappa shape index (κ1) is 10.8. The third-order valence-corrected chi connectivity index (χ3v) is 3.09. The first-order valence-electron chi connectivity index (χ1n) is 5.05. The van der Waals surface area contributed by atoms with Crippen LogP contribution in [-0.2, 0) is 4.79 Å². The minimum absolute atomic E-state index is 0.0414. The lowest BCUT2D eigenvalue weighted by atomic mass is 9.83. The van der Waals surface area contributed by atoms with E-state index in [-0.39, 0.29) is 11.8 Å². The predicted molar refractivity (Wildman–Crippen MR) is 54.9 cm³/mol. The summed E-state index contributed by atoms with van der Waals surface area (Å²) in [6.45, 7) is 3.12. The summed E-state index contributed by atoms with van der Waals surface area (Å²) in [4.78, 5) is 10.9. The lowest BCUT2D eigenvalue weighted by Crippen LogP contribution is -2.31. The molecule has 0 aliphatic heterocycles. The van der Waals surface area contributed by atoms with Crippen LogP contribution in [-0.4, -0.2) is 18.3 Å². The molecule has 1 aliphatic carbocycles. The highest BCUT2D eigenvalue weighted by molar-refractivity contribution is 6.27. The third kappa shape index (κ3) is 3.99. The minimum atomic E-state index is -0.0414. The van der Waals surface area contributed by atoms with Crippen molar-refractivity contribution in [1.82, 2.24) is 5.32 Å². The van der Waals surface area contributed by atoms with Crippen LogP contribution in [0.25, 0.3) is 0 Å². The Balaban J connectivity index is 2.12. The molecule has 0 unspecified atom stereocenters. The molecule has 76 valence electrons. The molecule has 0 heterocycles. The van der Waals surface area contributed by atoms with E-state index in [4.69, 9.17) is 11.6 Å².